The summed E-state index contributed by atoms with van der Waals surface area (Å²) in [5.41, 5.74) is 0. The lowest BCUT2D eigenvalue weighted by atomic mass is 10.2. The van der Waals surface area contributed by atoms with Crippen LogP contribution in [-0.4, -0.2) is 50.8 Å². The highest BCUT2D eigenvalue weighted by Gasteiger charge is 2.19. The van der Waals surface area contributed by atoms with E-state index < -0.39 is 0 Å². The Morgan fingerprint density at radius 3 is 2.87 bits per heavy atom. The molecule has 1 saturated heterocycles. The van der Waals surface area contributed by atoms with Crippen LogP contribution >= 0.6 is 0 Å². The predicted octanol–water partition coefficient (Wildman–Crippen LogP) is 1.34. The first-order chi connectivity index (χ1) is 7.20. The van der Waals surface area contributed by atoms with Gasteiger partial charge < -0.3 is 15.0 Å². The lowest BCUT2D eigenvalue weighted by Gasteiger charge is -2.22. The summed E-state index contributed by atoms with van der Waals surface area (Å²) in [5.74, 6) is 0.756. The van der Waals surface area contributed by atoms with E-state index in [9.17, 15) is 0 Å². The summed E-state index contributed by atoms with van der Waals surface area (Å²) >= 11 is 0. The van der Waals surface area contributed by atoms with E-state index in [1.54, 1.807) is 0 Å². The molecule has 1 aliphatic heterocycles. The second-order valence-corrected chi connectivity index (χ2v) is 4.95. The molecular weight excluding hydrogens is 188 g/mol. The summed E-state index contributed by atoms with van der Waals surface area (Å²) in [6.07, 6.45) is 2.44. The highest BCUT2D eigenvalue weighted by molar-refractivity contribution is 4.72. The van der Waals surface area contributed by atoms with Gasteiger partial charge >= 0.3 is 0 Å². The standard InChI is InChI=1S/C12H26N2O/c1-11(2)9-13-6-4-7-14(3)12-5-8-15-10-12/h11-13H,4-10H2,1-3H3. The van der Waals surface area contributed by atoms with Crippen molar-refractivity contribution in [3.05, 3.63) is 0 Å². The molecule has 1 heterocycles. The first-order valence-corrected chi connectivity index (χ1v) is 6.19. The fourth-order valence-electron chi connectivity index (χ4n) is 1.90. The summed E-state index contributed by atoms with van der Waals surface area (Å²) in [6.45, 7) is 9.81. The van der Waals surface area contributed by atoms with Gasteiger partial charge in [-0.25, -0.2) is 0 Å². The summed E-state index contributed by atoms with van der Waals surface area (Å²) < 4.78 is 5.38. The van der Waals surface area contributed by atoms with Crippen LogP contribution in [0, 0.1) is 5.92 Å². The Balaban J connectivity index is 1.94. The van der Waals surface area contributed by atoms with Crippen molar-refractivity contribution in [2.45, 2.75) is 32.7 Å². The summed E-state index contributed by atoms with van der Waals surface area (Å²) in [4.78, 5) is 2.43. The number of likely N-dealkylation sites (N-methyl/N-ethyl adjacent to an activating group) is 1. The van der Waals surface area contributed by atoms with Crippen LogP contribution in [0.25, 0.3) is 0 Å². The molecule has 0 amide bonds. The predicted molar refractivity (Wildman–Crippen MR) is 64.2 cm³/mol. The summed E-state index contributed by atoms with van der Waals surface area (Å²) in [5, 5.41) is 3.47. The lowest BCUT2D eigenvalue weighted by Crippen LogP contribution is -2.34. The number of nitrogens with one attached hydrogen (secondary N) is 1. The third-order valence-corrected chi connectivity index (χ3v) is 2.95. The van der Waals surface area contributed by atoms with Gasteiger partial charge in [-0.1, -0.05) is 13.8 Å². The maximum Gasteiger partial charge on any atom is 0.0622 e. The van der Waals surface area contributed by atoms with Crippen molar-refractivity contribution in [3.8, 4) is 0 Å². The number of nitrogens with zero attached hydrogens (tertiary/aromatic N) is 1. The molecule has 1 aliphatic rings. The molecule has 0 aromatic rings. The van der Waals surface area contributed by atoms with Crippen molar-refractivity contribution in [2.75, 3.05) is 39.9 Å². The molecule has 0 radical (unpaired) electrons. The molecule has 1 unspecified atom stereocenters. The Morgan fingerprint density at radius 2 is 2.27 bits per heavy atom. The van der Waals surface area contributed by atoms with Crippen LogP contribution in [0.3, 0.4) is 0 Å². The molecule has 0 spiro atoms. The van der Waals surface area contributed by atoms with E-state index in [2.05, 4.69) is 31.1 Å². The van der Waals surface area contributed by atoms with Gasteiger partial charge in [-0.2, -0.15) is 0 Å². The zero-order valence-corrected chi connectivity index (χ0v) is 10.5. The minimum atomic E-state index is 0.662. The van der Waals surface area contributed by atoms with Crippen LogP contribution in [0.1, 0.15) is 26.7 Å². The third-order valence-electron chi connectivity index (χ3n) is 2.95. The van der Waals surface area contributed by atoms with Gasteiger partial charge in [0, 0.05) is 12.6 Å². The molecule has 0 aromatic carbocycles. The molecule has 3 nitrogen and oxygen atoms in total. The lowest BCUT2D eigenvalue weighted by molar-refractivity contribution is 0.158. The topological polar surface area (TPSA) is 24.5 Å². The van der Waals surface area contributed by atoms with E-state index >= 15 is 0 Å². The molecule has 1 N–H and O–H groups in total. The second-order valence-electron chi connectivity index (χ2n) is 4.95. The molecular formula is C12H26N2O. The van der Waals surface area contributed by atoms with Crippen LogP contribution in [0.15, 0.2) is 0 Å². The number of hydrogen-bond acceptors (Lipinski definition) is 3. The second kappa shape index (κ2) is 7.20. The van der Waals surface area contributed by atoms with Crippen LogP contribution < -0.4 is 5.32 Å². The molecule has 0 aromatic heterocycles. The first kappa shape index (κ1) is 12.9. The van der Waals surface area contributed by atoms with Gasteiger partial charge in [-0.15, -0.1) is 0 Å². The van der Waals surface area contributed by atoms with Gasteiger partial charge in [0.1, 0.15) is 0 Å². The number of ether oxygens (including phenoxy) is 1. The van der Waals surface area contributed by atoms with E-state index in [4.69, 9.17) is 4.74 Å². The molecule has 0 bridgehead atoms. The Bertz CT molecular complexity index is 156. The quantitative estimate of drug-likeness (QED) is 0.647. The van der Waals surface area contributed by atoms with Crippen molar-refractivity contribution in [1.29, 1.82) is 0 Å². The average molecular weight is 214 g/mol. The highest BCUT2D eigenvalue weighted by Crippen LogP contribution is 2.10. The van der Waals surface area contributed by atoms with Gasteiger partial charge in [-0.3, -0.25) is 0 Å². The zero-order valence-electron chi connectivity index (χ0n) is 10.5. The van der Waals surface area contributed by atoms with Crippen molar-refractivity contribution in [2.24, 2.45) is 5.92 Å². The molecule has 1 fully saturated rings. The SMILES string of the molecule is CC(C)CNCCCN(C)C1CCOC1. The molecule has 1 rings (SSSR count). The Labute approximate surface area is 94.2 Å². The molecule has 90 valence electrons. The largest absolute Gasteiger partial charge is 0.380 e. The smallest absolute Gasteiger partial charge is 0.0622 e. The van der Waals surface area contributed by atoms with Gasteiger partial charge in [0.05, 0.1) is 6.61 Å². The Hall–Kier alpha value is -0.120. The normalized spacial score (nSPS) is 21.8. The average Bonchev–Trinajstić information content (AvgIpc) is 2.69. The molecule has 15 heavy (non-hydrogen) atoms. The van der Waals surface area contributed by atoms with Crippen LogP contribution in [0.2, 0.25) is 0 Å². The molecule has 3 heteroatoms. The maximum atomic E-state index is 5.38. The summed E-state index contributed by atoms with van der Waals surface area (Å²) in [7, 11) is 2.21. The van der Waals surface area contributed by atoms with Gasteiger partial charge in [0.15, 0.2) is 0 Å². The van der Waals surface area contributed by atoms with E-state index in [0.717, 1.165) is 32.2 Å². The van der Waals surface area contributed by atoms with Crippen molar-refractivity contribution in [3.63, 3.8) is 0 Å². The highest BCUT2D eigenvalue weighted by atomic mass is 16.5. The minimum absolute atomic E-state index is 0.662. The number of hydrogen-bond donors (Lipinski definition) is 1. The third kappa shape index (κ3) is 5.50. The van der Waals surface area contributed by atoms with Crippen molar-refractivity contribution < 1.29 is 4.74 Å². The Kier molecular flexibility index (Phi) is 6.22. The van der Waals surface area contributed by atoms with Crippen LogP contribution in [-0.2, 0) is 4.74 Å². The van der Waals surface area contributed by atoms with Gasteiger partial charge in [0.25, 0.3) is 0 Å². The van der Waals surface area contributed by atoms with E-state index in [1.807, 2.05) is 0 Å². The fourth-order valence-corrected chi connectivity index (χ4v) is 1.90. The van der Waals surface area contributed by atoms with Crippen molar-refractivity contribution in [1.82, 2.24) is 10.2 Å². The summed E-state index contributed by atoms with van der Waals surface area (Å²) in [6, 6.07) is 0.662. The Morgan fingerprint density at radius 1 is 1.47 bits per heavy atom. The van der Waals surface area contributed by atoms with Crippen LogP contribution in [0.4, 0.5) is 0 Å². The molecule has 0 aliphatic carbocycles. The molecule has 0 saturated carbocycles. The zero-order chi connectivity index (χ0) is 11.1. The van der Waals surface area contributed by atoms with Crippen LogP contribution in [0.5, 0.6) is 0 Å². The monoisotopic (exact) mass is 214 g/mol. The van der Waals surface area contributed by atoms with Gasteiger partial charge in [-0.05, 0) is 45.4 Å². The van der Waals surface area contributed by atoms with E-state index in [0.29, 0.717) is 6.04 Å². The van der Waals surface area contributed by atoms with Crippen molar-refractivity contribution >= 4 is 0 Å². The maximum absolute atomic E-state index is 5.38. The first-order valence-electron chi connectivity index (χ1n) is 6.19. The number of rotatable bonds is 7. The van der Waals surface area contributed by atoms with E-state index in [1.165, 1.54) is 19.4 Å². The fraction of sp³-hybridized carbons (Fsp3) is 1.00. The minimum Gasteiger partial charge on any atom is -0.380 e. The van der Waals surface area contributed by atoms with E-state index in [-0.39, 0.29) is 0 Å². The molecule has 1 atom stereocenters. The van der Waals surface area contributed by atoms with Gasteiger partial charge in [0.2, 0.25) is 0 Å².